The summed E-state index contributed by atoms with van der Waals surface area (Å²) < 4.78 is 32.6. The molecular formula is C14H15NO5S. The van der Waals surface area contributed by atoms with E-state index >= 15 is 0 Å². The molecule has 7 heteroatoms. The van der Waals surface area contributed by atoms with Crippen molar-refractivity contribution in [3.8, 4) is 0 Å². The second-order valence-corrected chi connectivity index (χ2v) is 7.03. The number of para-hydroxylation sites is 1. The van der Waals surface area contributed by atoms with E-state index in [0.717, 1.165) is 5.39 Å². The van der Waals surface area contributed by atoms with Crippen LogP contribution in [0.5, 0.6) is 0 Å². The molecule has 1 aliphatic carbocycles. The van der Waals surface area contributed by atoms with Gasteiger partial charge in [-0.1, -0.05) is 12.1 Å². The third kappa shape index (κ3) is 2.79. The Labute approximate surface area is 121 Å². The largest absolute Gasteiger partial charge is 0.481 e. The first kappa shape index (κ1) is 14.1. The highest BCUT2D eigenvalue weighted by atomic mass is 32.2. The van der Waals surface area contributed by atoms with Gasteiger partial charge in [0.25, 0.3) is 0 Å². The number of fused-ring (bicyclic) bond motifs is 1. The summed E-state index contributed by atoms with van der Waals surface area (Å²) in [6.07, 6.45) is 2.65. The second kappa shape index (κ2) is 5.16. The van der Waals surface area contributed by atoms with Crippen molar-refractivity contribution in [1.82, 2.24) is 4.72 Å². The first-order valence-electron chi connectivity index (χ1n) is 6.66. The van der Waals surface area contributed by atoms with Crippen molar-refractivity contribution in [2.75, 3.05) is 0 Å². The van der Waals surface area contributed by atoms with Gasteiger partial charge in [-0.2, -0.15) is 0 Å². The number of sulfonamides is 1. The van der Waals surface area contributed by atoms with Gasteiger partial charge in [-0.25, -0.2) is 13.1 Å². The number of rotatable bonds is 5. The zero-order chi connectivity index (χ0) is 15.0. The van der Waals surface area contributed by atoms with Gasteiger partial charge in [-0.15, -0.1) is 0 Å². The SMILES string of the molecule is O=C(O)CC1CC(NS(=O)(=O)c2cccc3ccoc23)C1. The van der Waals surface area contributed by atoms with Crippen molar-refractivity contribution in [2.45, 2.75) is 30.2 Å². The van der Waals surface area contributed by atoms with Crippen LogP contribution in [-0.2, 0) is 14.8 Å². The van der Waals surface area contributed by atoms with Crippen LogP contribution in [0.1, 0.15) is 19.3 Å². The number of aliphatic carboxylic acids is 1. The Kier molecular flexibility index (Phi) is 3.46. The Hall–Kier alpha value is -1.86. The zero-order valence-electron chi connectivity index (χ0n) is 11.2. The minimum Gasteiger partial charge on any atom is -0.481 e. The van der Waals surface area contributed by atoms with Gasteiger partial charge in [0.05, 0.1) is 6.26 Å². The quantitative estimate of drug-likeness (QED) is 0.880. The third-order valence-corrected chi connectivity index (χ3v) is 5.30. The molecule has 1 saturated carbocycles. The highest BCUT2D eigenvalue weighted by Gasteiger charge is 2.34. The van der Waals surface area contributed by atoms with Gasteiger partial charge in [0, 0.05) is 17.8 Å². The summed E-state index contributed by atoms with van der Waals surface area (Å²) in [7, 11) is -3.66. The summed E-state index contributed by atoms with van der Waals surface area (Å²) in [5.41, 5.74) is 0.339. The van der Waals surface area contributed by atoms with Crippen LogP contribution < -0.4 is 4.72 Å². The van der Waals surface area contributed by atoms with Crippen LogP contribution in [0.2, 0.25) is 0 Å². The lowest BCUT2D eigenvalue weighted by atomic mass is 9.79. The van der Waals surface area contributed by atoms with Crippen molar-refractivity contribution in [3.63, 3.8) is 0 Å². The standard InChI is InChI=1S/C14H15NO5S/c16-13(17)8-9-6-11(7-9)15-21(18,19)12-3-1-2-10-4-5-20-14(10)12/h1-5,9,11,15H,6-8H2,(H,16,17). The Bertz CT molecular complexity index is 774. The fourth-order valence-electron chi connectivity index (χ4n) is 2.71. The molecular weight excluding hydrogens is 294 g/mol. The van der Waals surface area contributed by atoms with Crippen molar-refractivity contribution in [2.24, 2.45) is 5.92 Å². The highest BCUT2D eigenvalue weighted by Crippen LogP contribution is 2.32. The minimum atomic E-state index is -3.66. The molecule has 112 valence electrons. The van der Waals surface area contributed by atoms with E-state index in [1.807, 2.05) is 0 Å². The number of hydrogen-bond acceptors (Lipinski definition) is 4. The van der Waals surface area contributed by atoms with Crippen molar-refractivity contribution in [1.29, 1.82) is 0 Å². The topological polar surface area (TPSA) is 96.6 Å². The lowest BCUT2D eigenvalue weighted by Crippen LogP contribution is -2.44. The number of nitrogens with one attached hydrogen (secondary N) is 1. The maximum atomic E-state index is 12.4. The number of furan rings is 1. The molecule has 0 bridgehead atoms. The van der Waals surface area contributed by atoms with Gasteiger partial charge >= 0.3 is 5.97 Å². The fourth-order valence-corrected chi connectivity index (χ4v) is 4.13. The highest BCUT2D eigenvalue weighted by molar-refractivity contribution is 7.89. The zero-order valence-corrected chi connectivity index (χ0v) is 12.0. The third-order valence-electron chi connectivity index (χ3n) is 3.75. The van der Waals surface area contributed by atoms with Crippen LogP contribution in [-0.4, -0.2) is 25.5 Å². The maximum Gasteiger partial charge on any atom is 0.303 e. The first-order chi connectivity index (χ1) is 9.95. The first-order valence-corrected chi connectivity index (χ1v) is 8.14. The van der Waals surface area contributed by atoms with E-state index in [4.69, 9.17) is 9.52 Å². The molecule has 1 heterocycles. The predicted molar refractivity (Wildman–Crippen MR) is 75.3 cm³/mol. The van der Waals surface area contributed by atoms with Crippen LogP contribution in [0.25, 0.3) is 11.0 Å². The molecule has 0 aliphatic heterocycles. The summed E-state index contributed by atoms with van der Waals surface area (Å²) in [6, 6.07) is 6.46. The van der Waals surface area contributed by atoms with E-state index in [2.05, 4.69) is 4.72 Å². The molecule has 0 saturated heterocycles. The molecule has 3 rings (SSSR count). The lowest BCUT2D eigenvalue weighted by Gasteiger charge is -2.34. The fraction of sp³-hybridized carbons (Fsp3) is 0.357. The average Bonchev–Trinajstić information content (AvgIpc) is 2.83. The van der Waals surface area contributed by atoms with Gasteiger partial charge in [-0.05, 0) is 30.9 Å². The summed E-state index contributed by atoms with van der Waals surface area (Å²) >= 11 is 0. The Morgan fingerprint density at radius 3 is 2.81 bits per heavy atom. The second-order valence-electron chi connectivity index (χ2n) is 5.35. The molecule has 2 aromatic rings. The van der Waals surface area contributed by atoms with Gasteiger partial charge in [-0.3, -0.25) is 4.79 Å². The van der Waals surface area contributed by atoms with Gasteiger partial charge in [0.15, 0.2) is 5.58 Å². The molecule has 6 nitrogen and oxygen atoms in total. The predicted octanol–water partition coefficient (Wildman–Crippen LogP) is 1.96. The number of carbonyl (C=O) groups is 1. The molecule has 21 heavy (non-hydrogen) atoms. The van der Waals surface area contributed by atoms with Crippen LogP contribution in [0.3, 0.4) is 0 Å². The van der Waals surface area contributed by atoms with Gasteiger partial charge in [0.1, 0.15) is 4.90 Å². The Morgan fingerprint density at radius 2 is 2.10 bits per heavy atom. The summed E-state index contributed by atoms with van der Waals surface area (Å²) in [6.45, 7) is 0. The number of benzene rings is 1. The lowest BCUT2D eigenvalue weighted by molar-refractivity contribution is -0.138. The van der Waals surface area contributed by atoms with E-state index in [0.29, 0.717) is 18.4 Å². The van der Waals surface area contributed by atoms with Crippen molar-refractivity contribution >= 4 is 27.0 Å². The molecule has 0 radical (unpaired) electrons. The van der Waals surface area contributed by atoms with Crippen LogP contribution >= 0.6 is 0 Å². The van der Waals surface area contributed by atoms with Gasteiger partial charge in [0.2, 0.25) is 10.0 Å². The summed E-state index contributed by atoms with van der Waals surface area (Å²) in [4.78, 5) is 10.7. The number of carboxylic acid groups (broad SMARTS) is 1. The summed E-state index contributed by atoms with van der Waals surface area (Å²) in [5.74, 6) is -0.795. The van der Waals surface area contributed by atoms with Gasteiger partial charge < -0.3 is 9.52 Å². The van der Waals surface area contributed by atoms with E-state index in [1.54, 1.807) is 18.2 Å². The maximum absolute atomic E-state index is 12.4. The van der Waals surface area contributed by atoms with Crippen molar-refractivity contribution in [3.05, 3.63) is 30.5 Å². The molecule has 0 amide bonds. The summed E-state index contributed by atoms with van der Waals surface area (Å²) in [5, 5.41) is 9.42. The van der Waals surface area contributed by atoms with Crippen molar-refractivity contribution < 1.29 is 22.7 Å². The van der Waals surface area contributed by atoms with E-state index in [-0.39, 0.29) is 23.3 Å². The molecule has 1 aromatic heterocycles. The van der Waals surface area contributed by atoms with E-state index in [9.17, 15) is 13.2 Å². The number of carboxylic acids is 1. The molecule has 1 aliphatic rings. The van der Waals surface area contributed by atoms with Crippen LogP contribution in [0, 0.1) is 5.92 Å². The molecule has 1 aromatic carbocycles. The van der Waals surface area contributed by atoms with E-state index in [1.165, 1.54) is 12.3 Å². The van der Waals surface area contributed by atoms with Crippen LogP contribution in [0.15, 0.2) is 39.8 Å². The normalized spacial score (nSPS) is 22.1. The van der Waals surface area contributed by atoms with E-state index < -0.39 is 16.0 Å². The Morgan fingerprint density at radius 1 is 1.33 bits per heavy atom. The minimum absolute atomic E-state index is 0.0506. The molecule has 0 atom stereocenters. The molecule has 0 spiro atoms. The Balaban J connectivity index is 1.74. The molecule has 0 unspecified atom stereocenters. The molecule has 2 N–H and O–H groups in total. The average molecular weight is 309 g/mol. The smallest absolute Gasteiger partial charge is 0.303 e. The molecule has 1 fully saturated rings. The van der Waals surface area contributed by atoms with Crippen LogP contribution in [0.4, 0.5) is 0 Å². The monoisotopic (exact) mass is 309 g/mol. The number of hydrogen-bond donors (Lipinski definition) is 2.